The zero-order valence-corrected chi connectivity index (χ0v) is 12.5. The van der Waals surface area contributed by atoms with Gasteiger partial charge in [0.15, 0.2) is 0 Å². The van der Waals surface area contributed by atoms with Gasteiger partial charge in [-0.3, -0.25) is 4.79 Å². The molecule has 0 aliphatic carbocycles. The molecule has 3 aromatic heterocycles. The first-order chi connectivity index (χ1) is 10.3. The Morgan fingerprint density at radius 1 is 1.10 bits per heavy atom. The first-order valence-electron chi connectivity index (χ1n) is 6.43. The molecule has 4 aromatic rings. The highest BCUT2D eigenvalue weighted by Crippen LogP contribution is 2.31. The van der Waals surface area contributed by atoms with Crippen LogP contribution >= 0.6 is 22.7 Å². The second-order valence-corrected chi connectivity index (χ2v) is 6.63. The van der Waals surface area contributed by atoms with Crippen LogP contribution in [0.2, 0.25) is 0 Å². The lowest BCUT2D eigenvalue weighted by Crippen LogP contribution is -1.97. The third-order valence-corrected chi connectivity index (χ3v) is 5.32. The molecule has 0 aliphatic rings. The number of carbonyl (C=O) groups excluding carboxylic acids is 1. The monoisotopic (exact) mass is 310 g/mol. The number of nitrogens with zero attached hydrogens (tertiary/aromatic N) is 2. The Morgan fingerprint density at radius 3 is 2.76 bits per heavy atom. The second-order valence-electron chi connectivity index (χ2n) is 4.60. The first-order valence-corrected chi connectivity index (χ1v) is 8.13. The summed E-state index contributed by atoms with van der Waals surface area (Å²) in [4.78, 5) is 13.3. The maximum atomic E-state index is 12.5. The van der Waals surface area contributed by atoms with Gasteiger partial charge in [0.25, 0.3) is 0 Å². The Labute approximate surface area is 129 Å². The molecule has 1 aromatic carbocycles. The summed E-state index contributed by atoms with van der Waals surface area (Å²) in [5, 5.41) is 6.32. The molecular weight excluding hydrogens is 300 g/mol. The SMILES string of the molecule is O=C(c1cnn(-c2ccccc2)c1)c1cc2sccc2s1. The minimum Gasteiger partial charge on any atom is -0.288 e. The molecule has 0 unspecified atom stereocenters. The third kappa shape index (κ3) is 2.20. The summed E-state index contributed by atoms with van der Waals surface area (Å²) in [7, 11) is 0. The Bertz CT molecular complexity index is 889. The smallest absolute Gasteiger partial charge is 0.206 e. The van der Waals surface area contributed by atoms with Crippen LogP contribution < -0.4 is 0 Å². The van der Waals surface area contributed by atoms with Gasteiger partial charge in [-0.25, -0.2) is 4.68 Å². The maximum Gasteiger partial charge on any atom is 0.206 e. The number of hydrogen-bond acceptors (Lipinski definition) is 4. The molecule has 102 valence electrons. The summed E-state index contributed by atoms with van der Waals surface area (Å²) in [5.74, 6) is 0.0329. The second kappa shape index (κ2) is 4.95. The zero-order valence-electron chi connectivity index (χ0n) is 10.9. The fourth-order valence-corrected chi connectivity index (χ4v) is 4.25. The van der Waals surface area contributed by atoms with Crippen molar-refractivity contribution >= 4 is 37.9 Å². The largest absolute Gasteiger partial charge is 0.288 e. The van der Waals surface area contributed by atoms with E-state index in [9.17, 15) is 4.79 Å². The predicted molar refractivity (Wildman–Crippen MR) is 86.7 cm³/mol. The number of thiophene rings is 2. The van der Waals surface area contributed by atoms with E-state index in [0.717, 1.165) is 10.6 Å². The number of hydrogen-bond donors (Lipinski definition) is 0. The van der Waals surface area contributed by atoms with Crippen molar-refractivity contribution in [2.24, 2.45) is 0 Å². The van der Waals surface area contributed by atoms with Gasteiger partial charge in [0.05, 0.1) is 22.3 Å². The Balaban J connectivity index is 1.69. The lowest BCUT2D eigenvalue weighted by molar-refractivity contribution is 0.104. The van der Waals surface area contributed by atoms with Gasteiger partial charge in [0.2, 0.25) is 5.78 Å². The van der Waals surface area contributed by atoms with E-state index in [1.807, 2.05) is 41.8 Å². The summed E-state index contributed by atoms with van der Waals surface area (Å²) in [6.45, 7) is 0. The summed E-state index contributed by atoms with van der Waals surface area (Å²) < 4.78 is 4.06. The lowest BCUT2D eigenvalue weighted by Gasteiger charge is -1.98. The van der Waals surface area contributed by atoms with Crippen LogP contribution in [0.15, 0.2) is 60.2 Å². The molecule has 0 aliphatic heterocycles. The van der Waals surface area contributed by atoms with Gasteiger partial charge in [-0.1, -0.05) is 18.2 Å². The van der Waals surface area contributed by atoms with Crippen molar-refractivity contribution < 1.29 is 4.79 Å². The van der Waals surface area contributed by atoms with E-state index >= 15 is 0 Å². The van der Waals surface area contributed by atoms with Gasteiger partial charge in [0.1, 0.15) is 0 Å². The topological polar surface area (TPSA) is 34.9 Å². The van der Waals surface area contributed by atoms with E-state index in [4.69, 9.17) is 0 Å². The molecule has 0 spiro atoms. The van der Waals surface area contributed by atoms with Crippen molar-refractivity contribution in [3.63, 3.8) is 0 Å². The van der Waals surface area contributed by atoms with E-state index in [2.05, 4.69) is 11.2 Å². The van der Waals surface area contributed by atoms with Crippen LogP contribution in [-0.2, 0) is 0 Å². The van der Waals surface area contributed by atoms with Gasteiger partial charge in [-0.2, -0.15) is 5.10 Å². The molecule has 0 radical (unpaired) electrons. The van der Waals surface area contributed by atoms with Crippen molar-refractivity contribution in [1.82, 2.24) is 9.78 Å². The quantitative estimate of drug-likeness (QED) is 0.526. The Kier molecular flexibility index (Phi) is 2.94. The van der Waals surface area contributed by atoms with Crippen molar-refractivity contribution in [2.45, 2.75) is 0 Å². The van der Waals surface area contributed by atoms with Crippen LogP contribution in [0.25, 0.3) is 15.1 Å². The number of aromatic nitrogens is 2. The molecule has 0 N–H and O–H groups in total. The average Bonchev–Trinajstić information content (AvgIpc) is 3.22. The van der Waals surface area contributed by atoms with Crippen LogP contribution in [0.5, 0.6) is 0 Å². The molecule has 0 bridgehead atoms. The highest BCUT2D eigenvalue weighted by atomic mass is 32.1. The highest BCUT2D eigenvalue weighted by Gasteiger charge is 2.15. The molecule has 0 fully saturated rings. The van der Waals surface area contributed by atoms with Crippen LogP contribution in [-0.4, -0.2) is 15.6 Å². The molecule has 3 heterocycles. The predicted octanol–water partition coefficient (Wildman–Crippen LogP) is 4.38. The normalized spacial score (nSPS) is 11.0. The summed E-state index contributed by atoms with van der Waals surface area (Å²) in [6.07, 6.45) is 3.41. The highest BCUT2D eigenvalue weighted by molar-refractivity contribution is 7.28. The molecule has 0 amide bonds. The van der Waals surface area contributed by atoms with E-state index in [1.54, 1.807) is 28.4 Å². The molecular formula is C16H10N2OS2. The Morgan fingerprint density at radius 2 is 1.95 bits per heavy atom. The molecule has 0 saturated carbocycles. The zero-order chi connectivity index (χ0) is 14.2. The number of ketones is 1. The Hall–Kier alpha value is -2.24. The fourth-order valence-electron chi connectivity index (χ4n) is 2.18. The number of fused-ring (bicyclic) bond motifs is 1. The molecule has 3 nitrogen and oxygen atoms in total. The molecule has 0 saturated heterocycles. The fraction of sp³-hybridized carbons (Fsp3) is 0. The van der Waals surface area contributed by atoms with Gasteiger partial charge < -0.3 is 0 Å². The third-order valence-electron chi connectivity index (χ3n) is 3.23. The van der Waals surface area contributed by atoms with Crippen LogP contribution in [0.3, 0.4) is 0 Å². The molecule has 5 heteroatoms. The van der Waals surface area contributed by atoms with Crippen molar-refractivity contribution in [2.75, 3.05) is 0 Å². The van der Waals surface area contributed by atoms with E-state index in [1.165, 1.54) is 20.7 Å². The van der Waals surface area contributed by atoms with E-state index < -0.39 is 0 Å². The van der Waals surface area contributed by atoms with Crippen molar-refractivity contribution in [3.05, 3.63) is 70.7 Å². The first kappa shape index (κ1) is 12.5. The number of para-hydroxylation sites is 1. The standard InChI is InChI=1S/C16H10N2OS2/c19-16(15-8-14-13(21-15)6-7-20-14)11-9-17-18(10-11)12-4-2-1-3-5-12/h1-10H. The minimum atomic E-state index is 0.0329. The maximum absolute atomic E-state index is 12.5. The number of carbonyl (C=O) groups is 1. The minimum absolute atomic E-state index is 0.0329. The van der Waals surface area contributed by atoms with Gasteiger partial charge in [-0.15, -0.1) is 22.7 Å². The summed E-state index contributed by atoms with van der Waals surface area (Å²) in [5.41, 5.74) is 1.57. The van der Waals surface area contributed by atoms with Crippen molar-refractivity contribution in [3.8, 4) is 5.69 Å². The number of benzene rings is 1. The number of rotatable bonds is 3. The van der Waals surface area contributed by atoms with Crippen LogP contribution in [0.4, 0.5) is 0 Å². The lowest BCUT2D eigenvalue weighted by atomic mass is 10.2. The summed E-state index contributed by atoms with van der Waals surface area (Å²) >= 11 is 3.20. The van der Waals surface area contributed by atoms with E-state index in [-0.39, 0.29) is 5.78 Å². The molecule has 4 rings (SSSR count). The van der Waals surface area contributed by atoms with Crippen LogP contribution in [0, 0.1) is 0 Å². The summed E-state index contributed by atoms with van der Waals surface area (Å²) in [6, 6.07) is 13.8. The van der Waals surface area contributed by atoms with Crippen molar-refractivity contribution in [1.29, 1.82) is 0 Å². The average molecular weight is 310 g/mol. The van der Waals surface area contributed by atoms with Gasteiger partial charge >= 0.3 is 0 Å². The molecule has 21 heavy (non-hydrogen) atoms. The van der Waals surface area contributed by atoms with Crippen LogP contribution in [0.1, 0.15) is 15.2 Å². The van der Waals surface area contributed by atoms with Gasteiger partial charge in [-0.05, 0) is 29.6 Å². The van der Waals surface area contributed by atoms with E-state index in [0.29, 0.717) is 5.56 Å². The van der Waals surface area contributed by atoms with Gasteiger partial charge in [0, 0.05) is 15.6 Å². The molecule has 0 atom stereocenters.